The predicted molar refractivity (Wildman–Crippen MR) is 60.7 cm³/mol. The smallest absolute Gasteiger partial charge is 0.123 e. The third kappa shape index (κ3) is 2.13. The van der Waals surface area contributed by atoms with Crippen LogP contribution in [0.25, 0.3) is 11.1 Å². The molecule has 3 nitrogen and oxygen atoms in total. The van der Waals surface area contributed by atoms with E-state index in [0.717, 1.165) is 5.56 Å². The van der Waals surface area contributed by atoms with E-state index in [1.165, 1.54) is 18.2 Å². The van der Waals surface area contributed by atoms with Crippen molar-refractivity contribution in [1.29, 1.82) is 0 Å². The summed E-state index contributed by atoms with van der Waals surface area (Å²) >= 11 is -2.28. The molecule has 0 spiro atoms. The van der Waals surface area contributed by atoms with Crippen LogP contribution in [0.2, 0.25) is 0 Å². The summed E-state index contributed by atoms with van der Waals surface area (Å²) in [6.07, 6.45) is 0. The van der Waals surface area contributed by atoms with Crippen molar-refractivity contribution in [3.05, 3.63) is 48.5 Å². The highest BCUT2D eigenvalue weighted by atomic mass is 32.2. The van der Waals surface area contributed by atoms with E-state index in [1.54, 1.807) is 0 Å². The Hall–Kier alpha value is -1.65. The first-order valence-corrected chi connectivity index (χ1v) is 5.73. The van der Waals surface area contributed by atoms with Crippen LogP contribution in [0.3, 0.4) is 0 Å². The molecular formula is C12H9O3S-. The molecule has 1 N–H and O–H groups in total. The summed E-state index contributed by atoms with van der Waals surface area (Å²) in [5, 5.41) is 9.67. The minimum Gasteiger partial charge on any atom is -0.768 e. The second kappa shape index (κ2) is 4.47. The number of benzene rings is 2. The highest BCUT2D eigenvalue weighted by Crippen LogP contribution is 2.30. The summed E-state index contributed by atoms with van der Waals surface area (Å²) in [5.41, 5.74) is 1.30. The van der Waals surface area contributed by atoms with Crippen LogP contribution < -0.4 is 0 Å². The van der Waals surface area contributed by atoms with E-state index in [2.05, 4.69) is 0 Å². The average Bonchev–Trinajstić information content (AvgIpc) is 2.30. The fraction of sp³-hybridized carbons (Fsp3) is 0. The predicted octanol–water partition coefficient (Wildman–Crippen LogP) is 2.30. The van der Waals surface area contributed by atoms with Crippen molar-refractivity contribution in [1.82, 2.24) is 0 Å². The topological polar surface area (TPSA) is 60.4 Å². The highest BCUT2D eigenvalue weighted by molar-refractivity contribution is 7.79. The van der Waals surface area contributed by atoms with Gasteiger partial charge in [-0.25, -0.2) is 0 Å². The quantitative estimate of drug-likeness (QED) is 0.809. The van der Waals surface area contributed by atoms with E-state index in [4.69, 9.17) is 0 Å². The maximum Gasteiger partial charge on any atom is 0.123 e. The molecule has 2 aromatic carbocycles. The van der Waals surface area contributed by atoms with Crippen LogP contribution in [0.1, 0.15) is 0 Å². The summed E-state index contributed by atoms with van der Waals surface area (Å²) in [4.78, 5) is 0.164. The Balaban J connectivity index is 2.56. The zero-order chi connectivity index (χ0) is 11.5. The normalized spacial score (nSPS) is 12.3. The Morgan fingerprint density at radius 2 is 1.75 bits per heavy atom. The van der Waals surface area contributed by atoms with Crippen LogP contribution in [0.15, 0.2) is 53.4 Å². The lowest BCUT2D eigenvalue weighted by molar-refractivity contribution is 0.476. The van der Waals surface area contributed by atoms with Gasteiger partial charge < -0.3 is 9.66 Å². The van der Waals surface area contributed by atoms with Gasteiger partial charge in [0, 0.05) is 10.5 Å². The number of hydrogen-bond acceptors (Lipinski definition) is 3. The van der Waals surface area contributed by atoms with Gasteiger partial charge in [-0.3, -0.25) is 4.21 Å². The molecule has 0 fully saturated rings. The van der Waals surface area contributed by atoms with Gasteiger partial charge in [0.2, 0.25) is 0 Å². The molecule has 1 atom stereocenters. The molecule has 1 unspecified atom stereocenters. The second-order valence-corrected chi connectivity index (χ2v) is 4.22. The molecule has 4 heteroatoms. The molecule has 16 heavy (non-hydrogen) atoms. The van der Waals surface area contributed by atoms with Crippen molar-refractivity contribution in [2.45, 2.75) is 4.90 Å². The zero-order valence-corrected chi connectivity index (χ0v) is 9.11. The van der Waals surface area contributed by atoms with Crippen LogP contribution >= 0.6 is 0 Å². The maximum absolute atomic E-state index is 10.8. The summed E-state index contributed by atoms with van der Waals surface area (Å²) in [7, 11) is 0. The Bertz CT molecular complexity index is 523. The van der Waals surface area contributed by atoms with Gasteiger partial charge >= 0.3 is 0 Å². The number of phenols is 1. The first-order valence-electron chi connectivity index (χ1n) is 4.66. The Morgan fingerprint density at radius 1 is 1.06 bits per heavy atom. The SMILES string of the molecule is O=S([O-])c1ccc(O)c(-c2ccccc2)c1. The van der Waals surface area contributed by atoms with Gasteiger partial charge in [-0.05, 0) is 34.8 Å². The van der Waals surface area contributed by atoms with Crippen LogP contribution in [0, 0.1) is 0 Å². The van der Waals surface area contributed by atoms with Crippen molar-refractivity contribution < 1.29 is 13.9 Å². The largest absolute Gasteiger partial charge is 0.768 e. The second-order valence-electron chi connectivity index (χ2n) is 3.28. The van der Waals surface area contributed by atoms with Crippen molar-refractivity contribution in [3.8, 4) is 16.9 Å². The average molecular weight is 233 g/mol. The highest BCUT2D eigenvalue weighted by Gasteiger charge is 2.05. The van der Waals surface area contributed by atoms with Gasteiger partial charge in [0.1, 0.15) is 5.75 Å². The molecule has 0 bridgehead atoms. The molecule has 0 amide bonds. The van der Waals surface area contributed by atoms with E-state index in [9.17, 15) is 13.9 Å². The van der Waals surface area contributed by atoms with Gasteiger partial charge in [0.15, 0.2) is 0 Å². The molecule has 0 aliphatic heterocycles. The fourth-order valence-corrected chi connectivity index (χ4v) is 1.86. The first-order chi connectivity index (χ1) is 7.68. The number of aromatic hydroxyl groups is 1. The minimum absolute atomic E-state index is 0.0698. The maximum atomic E-state index is 10.8. The summed E-state index contributed by atoms with van der Waals surface area (Å²) < 4.78 is 21.6. The van der Waals surface area contributed by atoms with Crippen LogP contribution in [-0.4, -0.2) is 13.9 Å². The summed E-state index contributed by atoms with van der Waals surface area (Å²) in [6.45, 7) is 0. The Morgan fingerprint density at radius 3 is 2.38 bits per heavy atom. The van der Waals surface area contributed by atoms with Gasteiger partial charge in [-0.15, -0.1) is 0 Å². The number of rotatable bonds is 2. The molecule has 0 heterocycles. The molecule has 82 valence electrons. The molecule has 0 saturated carbocycles. The molecule has 2 aromatic rings. The standard InChI is InChI=1S/C12H10O3S/c13-12-7-6-10(16(14)15)8-11(12)9-4-2-1-3-5-9/h1-8,13H,(H,14,15)/p-1. The minimum atomic E-state index is -2.28. The van der Waals surface area contributed by atoms with E-state index >= 15 is 0 Å². The van der Waals surface area contributed by atoms with Crippen molar-refractivity contribution in [3.63, 3.8) is 0 Å². The lowest BCUT2D eigenvalue weighted by atomic mass is 10.1. The Kier molecular flexibility index (Phi) is 3.03. The summed E-state index contributed by atoms with van der Waals surface area (Å²) in [5.74, 6) is 0.0698. The number of hydrogen-bond donors (Lipinski definition) is 1. The summed E-state index contributed by atoms with van der Waals surface area (Å²) in [6, 6.07) is 13.3. The molecule has 0 radical (unpaired) electrons. The molecule has 0 aliphatic carbocycles. The zero-order valence-electron chi connectivity index (χ0n) is 8.29. The lowest BCUT2D eigenvalue weighted by Crippen LogP contribution is -1.89. The molecule has 2 rings (SSSR count). The molecule has 0 saturated heterocycles. The third-order valence-corrected chi connectivity index (χ3v) is 2.88. The van der Waals surface area contributed by atoms with Gasteiger partial charge in [-0.1, -0.05) is 30.3 Å². The van der Waals surface area contributed by atoms with Crippen LogP contribution in [-0.2, 0) is 11.1 Å². The van der Waals surface area contributed by atoms with Crippen molar-refractivity contribution >= 4 is 11.1 Å². The van der Waals surface area contributed by atoms with E-state index in [1.807, 2.05) is 30.3 Å². The van der Waals surface area contributed by atoms with Gasteiger partial charge in [-0.2, -0.15) is 0 Å². The van der Waals surface area contributed by atoms with Crippen LogP contribution in [0.5, 0.6) is 5.75 Å². The molecule has 0 aliphatic rings. The lowest BCUT2D eigenvalue weighted by Gasteiger charge is -2.09. The van der Waals surface area contributed by atoms with Crippen molar-refractivity contribution in [2.24, 2.45) is 0 Å². The van der Waals surface area contributed by atoms with E-state index in [-0.39, 0.29) is 10.6 Å². The third-order valence-electron chi connectivity index (χ3n) is 2.25. The van der Waals surface area contributed by atoms with E-state index in [0.29, 0.717) is 5.56 Å². The number of phenolic OH excluding ortho intramolecular Hbond substituents is 1. The first kappa shape index (κ1) is 10.9. The fourth-order valence-electron chi connectivity index (χ4n) is 1.47. The monoisotopic (exact) mass is 233 g/mol. The molecular weight excluding hydrogens is 224 g/mol. The van der Waals surface area contributed by atoms with Crippen molar-refractivity contribution in [2.75, 3.05) is 0 Å². The molecule has 0 aromatic heterocycles. The Labute approximate surface area is 95.7 Å². The van der Waals surface area contributed by atoms with Crippen LogP contribution in [0.4, 0.5) is 0 Å². The van der Waals surface area contributed by atoms with Gasteiger partial charge in [0.05, 0.1) is 0 Å². The van der Waals surface area contributed by atoms with Gasteiger partial charge in [0.25, 0.3) is 0 Å². The van der Waals surface area contributed by atoms with E-state index < -0.39 is 11.1 Å².